The quantitative estimate of drug-likeness (QED) is 0.156. The number of aliphatic carboxylic acids is 1. The van der Waals surface area contributed by atoms with Gasteiger partial charge < -0.3 is 54.7 Å². The van der Waals surface area contributed by atoms with E-state index < -0.39 is 73.3 Å². The molecule has 0 radical (unpaired) electrons. The summed E-state index contributed by atoms with van der Waals surface area (Å²) in [4.78, 5) is 12.9. The third-order valence-electron chi connectivity index (χ3n) is 16.3. The molecule has 0 aromatic heterocycles. The average molecular weight is 735 g/mol. The van der Waals surface area contributed by atoms with Crippen LogP contribution in [-0.4, -0.2) is 116 Å². The summed E-state index contributed by atoms with van der Waals surface area (Å²) in [6.45, 7) is 15.3. The minimum atomic E-state index is -1.69. The fourth-order valence-electron chi connectivity index (χ4n) is 12.9. The van der Waals surface area contributed by atoms with Gasteiger partial charge in [0.1, 0.15) is 42.7 Å². The lowest BCUT2D eigenvalue weighted by atomic mass is 9.34. The van der Waals surface area contributed by atoms with Crippen molar-refractivity contribution in [1.29, 1.82) is 0 Å². The van der Waals surface area contributed by atoms with Crippen molar-refractivity contribution in [3.05, 3.63) is 23.8 Å². The van der Waals surface area contributed by atoms with Crippen LogP contribution in [0.2, 0.25) is 0 Å². The van der Waals surface area contributed by atoms with Gasteiger partial charge in [0.05, 0.1) is 24.7 Å². The van der Waals surface area contributed by atoms with Crippen molar-refractivity contribution in [1.82, 2.24) is 0 Å². The van der Waals surface area contributed by atoms with Crippen molar-refractivity contribution in [2.45, 2.75) is 160 Å². The molecule has 294 valence electrons. The van der Waals surface area contributed by atoms with Gasteiger partial charge in [-0.2, -0.15) is 0 Å². The van der Waals surface area contributed by atoms with Crippen molar-refractivity contribution >= 4 is 5.97 Å². The van der Waals surface area contributed by atoms with E-state index in [9.17, 15) is 40.5 Å². The highest BCUT2D eigenvalue weighted by Gasteiger charge is 2.69. The molecule has 0 unspecified atom stereocenters. The molecule has 0 aromatic carbocycles. The SMILES string of the molecule is C=C1CC[C@]2(C(=O)O)CC[C@]3(C)C(=CC[C@@H]4[C@@]5(C)CC[C@H](O[C@@H]6OC[C@H](O)[C@H](O)[C@H]6O[C@@H]6O[C@H](CO)[C@@H](O)[C@H](O)[C@H]6O)C(C)(C)[C@@H]5CC[C@]43C)[C@@H]2C1. The van der Waals surface area contributed by atoms with Gasteiger partial charge in [-0.15, -0.1) is 0 Å². The van der Waals surface area contributed by atoms with Gasteiger partial charge in [0.15, 0.2) is 12.6 Å². The standard InChI is InChI=1S/C40H62O12/c1-20-9-14-40(35(47)48)16-15-38(5)21(22(40)17-20)7-8-26-37(4)12-11-27(36(2,3)25(37)10-13-39(26,38)6)51-34-32(28(43)23(42)19-49-34)52-33-31(46)30(45)29(44)24(18-41)50-33/h7,22-34,41-46H,1,8-19H2,2-6H3,(H,47,48)/t22-,23-,24+,25-,26+,27-,28-,29+,30-,31+,32+,33-,34-,37-,38+,39+,40-/m0/s1. The van der Waals surface area contributed by atoms with Gasteiger partial charge in [-0.1, -0.05) is 58.4 Å². The highest BCUT2D eigenvalue weighted by Crippen LogP contribution is 2.75. The fraction of sp³-hybridized carbons (Fsp3) is 0.875. The van der Waals surface area contributed by atoms with Crippen molar-refractivity contribution in [2.75, 3.05) is 13.2 Å². The second-order valence-electron chi connectivity index (χ2n) is 18.8. The van der Waals surface area contributed by atoms with Crippen LogP contribution in [0.1, 0.15) is 98.8 Å². The van der Waals surface area contributed by atoms with E-state index in [1.807, 2.05) is 0 Å². The Hall–Kier alpha value is -1.45. The normalized spacial score (nSPS) is 53.1. The minimum Gasteiger partial charge on any atom is -0.481 e. The largest absolute Gasteiger partial charge is 0.481 e. The molecular weight excluding hydrogens is 672 g/mol. The molecule has 0 amide bonds. The van der Waals surface area contributed by atoms with E-state index >= 15 is 0 Å². The number of aliphatic hydroxyl groups is 6. The van der Waals surface area contributed by atoms with Crippen LogP contribution in [0, 0.1) is 44.8 Å². The maximum atomic E-state index is 12.9. The Morgan fingerprint density at radius 1 is 0.885 bits per heavy atom. The summed E-state index contributed by atoms with van der Waals surface area (Å²) in [7, 11) is 0. The molecule has 5 aliphatic carbocycles. The van der Waals surface area contributed by atoms with Crippen molar-refractivity contribution in [3.63, 3.8) is 0 Å². The van der Waals surface area contributed by atoms with Crippen LogP contribution >= 0.6 is 0 Å². The third kappa shape index (κ3) is 5.56. The molecule has 7 aliphatic rings. The van der Waals surface area contributed by atoms with Crippen LogP contribution in [0.5, 0.6) is 0 Å². The van der Waals surface area contributed by atoms with Crippen molar-refractivity contribution < 1.29 is 59.5 Å². The van der Waals surface area contributed by atoms with E-state index in [2.05, 4.69) is 47.3 Å². The van der Waals surface area contributed by atoms with Crippen LogP contribution in [0.4, 0.5) is 0 Å². The first-order valence-corrected chi connectivity index (χ1v) is 19.6. The number of allylic oxidation sites excluding steroid dienone is 3. The van der Waals surface area contributed by atoms with Crippen molar-refractivity contribution in [2.24, 2.45) is 44.8 Å². The Morgan fingerprint density at radius 2 is 1.62 bits per heavy atom. The summed E-state index contributed by atoms with van der Waals surface area (Å²) < 4.78 is 24.2. The molecule has 7 N–H and O–H groups in total. The Balaban J connectivity index is 1.12. The second kappa shape index (κ2) is 13.3. The van der Waals surface area contributed by atoms with Gasteiger partial charge in [-0.05, 0) is 97.7 Å². The van der Waals surface area contributed by atoms with E-state index in [0.29, 0.717) is 18.8 Å². The molecule has 7 rings (SSSR count). The molecule has 0 spiro atoms. The number of fused-ring (bicyclic) bond motifs is 7. The zero-order valence-electron chi connectivity index (χ0n) is 31.4. The van der Waals surface area contributed by atoms with Gasteiger partial charge in [-0.25, -0.2) is 0 Å². The molecule has 52 heavy (non-hydrogen) atoms. The molecular formula is C40H62O12. The number of aliphatic hydroxyl groups excluding tert-OH is 6. The number of rotatable bonds is 6. The maximum Gasteiger partial charge on any atom is 0.310 e. The number of hydrogen-bond donors (Lipinski definition) is 7. The highest BCUT2D eigenvalue weighted by atomic mass is 16.8. The zero-order valence-corrected chi connectivity index (χ0v) is 31.4. The lowest BCUT2D eigenvalue weighted by molar-refractivity contribution is -0.367. The maximum absolute atomic E-state index is 12.9. The average Bonchev–Trinajstić information content (AvgIpc) is 3.09. The molecule has 17 atom stereocenters. The summed E-state index contributed by atoms with van der Waals surface area (Å²) >= 11 is 0. The lowest BCUT2D eigenvalue weighted by Crippen LogP contribution is -2.66. The summed E-state index contributed by atoms with van der Waals surface area (Å²) in [6, 6.07) is 0. The Morgan fingerprint density at radius 3 is 2.31 bits per heavy atom. The van der Waals surface area contributed by atoms with Crippen LogP contribution < -0.4 is 0 Å². The monoisotopic (exact) mass is 734 g/mol. The Bertz CT molecular complexity index is 1430. The van der Waals surface area contributed by atoms with E-state index in [0.717, 1.165) is 51.4 Å². The van der Waals surface area contributed by atoms with Gasteiger partial charge in [0.25, 0.3) is 0 Å². The van der Waals surface area contributed by atoms with E-state index in [4.69, 9.17) is 18.9 Å². The van der Waals surface area contributed by atoms with Gasteiger partial charge in [-0.3, -0.25) is 4.79 Å². The molecule has 2 aliphatic heterocycles. The highest BCUT2D eigenvalue weighted by molar-refractivity contribution is 5.77. The number of ether oxygens (including phenoxy) is 4. The molecule has 0 aromatic rings. The first kappa shape index (κ1) is 38.8. The Labute approximate surface area is 307 Å². The summed E-state index contributed by atoms with van der Waals surface area (Å²) in [5.41, 5.74) is 1.36. The number of hydrogen-bond acceptors (Lipinski definition) is 11. The number of carboxylic acid groups (broad SMARTS) is 1. The summed E-state index contributed by atoms with van der Waals surface area (Å²) in [5.74, 6) is 0.0228. The smallest absolute Gasteiger partial charge is 0.310 e. The summed E-state index contributed by atoms with van der Waals surface area (Å²) in [6.07, 6.45) is -2.38. The van der Waals surface area contributed by atoms with E-state index in [-0.39, 0.29) is 46.2 Å². The van der Waals surface area contributed by atoms with Gasteiger partial charge in [0.2, 0.25) is 0 Å². The fourth-order valence-corrected chi connectivity index (χ4v) is 12.9. The van der Waals surface area contributed by atoms with E-state index in [1.54, 1.807) is 0 Å². The third-order valence-corrected chi connectivity index (χ3v) is 16.3. The van der Waals surface area contributed by atoms with Crippen LogP contribution in [-0.2, 0) is 23.7 Å². The van der Waals surface area contributed by atoms with Crippen LogP contribution in [0.15, 0.2) is 23.8 Å². The molecule has 2 heterocycles. The lowest BCUT2D eigenvalue weighted by Gasteiger charge is -2.71. The molecule has 12 heteroatoms. The first-order valence-electron chi connectivity index (χ1n) is 19.6. The summed E-state index contributed by atoms with van der Waals surface area (Å²) in [5, 5.41) is 73.1. The number of carbonyl (C=O) groups is 1. The molecule has 2 saturated heterocycles. The first-order chi connectivity index (χ1) is 24.4. The van der Waals surface area contributed by atoms with E-state index in [1.165, 1.54) is 11.1 Å². The molecule has 6 fully saturated rings. The molecule has 4 saturated carbocycles. The van der Waals surface area contributed by atoms with Gasteiger partial charge >= 0.3 is 5.97 Å². The van der Waals surface area contributed by atoms with Crippen LogP contribution in [0.3, 0.4) is 0 Å². The second-order valence-corrected chi connectivity index (χ2v) is 18.8. The zero-order chi connectivity index (χ0) is 37.8. The van der Waals surface area contributed by atoms with Gasteiger partial charge in [0, 0.05) is 5.92 Å². The topological polar surface area (TPSA) is 196 Å². The predicted molar refractivity (Wildman–Crippen MR) is 187 cm³/mol. The number of carboxylic acids is 1. The predicted octanol–water partition coefficient (Wildman–Crippen LogP) is 3.05. The Kier molecular flexibility index (Phi) is 9.96. The minimum absolute atomic E-state index is 0.00335. The molecule has 12 nitrogen and oxygen atoms in total. The van der Waals surface area contributed by atoms with Crippen LogP contribution in [0.25, 0.3) is 0 Å². The van der Waals surface area contributed by atoms with Crippen molar-refractivity contribution in [3.8, 4) is 0 Å². The molecule has 0 bridgehead atoms.